The van der Waals surface area contributed by atoms with Gasteiger partial charge in [0.2, 0.25) is 0 Å². The molecule has 4 heteroatoms. The molecule has 5 rings (SSSR count). The van der Waals surface area contributed by atoms with Crippen molar-refractivity contribution in [1.82, 2.24) is 0 Å². The summed E-state index contributed by atoms with van der Waals surface area (Å²) >= 11 is 0. The van der Waals surface area contributed by atoms with E-state index >= 15 is 0 Å². The molecule has 34 heavy (non-hydrogen) atoms. The SMILES string of the molecule is CC1(C)[C@H](O)CC[C@]2(C)C3=C(CC[C@@H]12)[C@]1(C)CC[C@H]([C@H]2CC[C@H]([C@@](C)(O)C(=O)O)C2)[C@@]1(C)CC3. The maximum Gasteiger partial charge on any atom is 0.335 e. The van der Waals surface area contributed by atoms with Crippen LogP contribution in [-0.2, 0) is 4.79 Å². The van der Waals surface area contributed by atoms with Gasteiger partial charge in [0.15, 0.2) is 5.60 Å². The van der Waals surface area contributed by atoms with Gasteiger partial charge in [-0.1, -0.05) is 45.8 Å². The third-order valence-electron chi connectivity index (χ3n) is 13.1. The lowest BCUT2D eigenvalue weighted by molar-refractivity contribution is -0.162. The third kappa shape index (κ3) is 3.06. The molecule has 0 aromatic heterocycles. The number of aliphatic carboxylic acids is 1. The molecule has 3 saturated carbocycles. The predicted octanol–water partition coefficient (Wildman–Crippen LogP) is 6.35. The first-order chi connectivity index (χ1) is 15.7. The second kappa shape index (κ2) is 7.57. The molecule has 5 aliphatic carbocycles. The maximum absolute atomic E-state index is 11.7. The van der Waals surface area contributed by atoms with Crippen molar-refractivity contribution in [3.05, 3.63) is 11.1 Å². The van der Waals surface area contributed by atoms with Gasteiger partial charge in [-0.3, -0.25) is 0 Å². The monoisotopic (exact) mass is 472 g/mol. The van der Waals surface area contributed by atoms with Gasteiger partial charge in [-0.25, -0.2) is 4.79 Å². The predicted molar refractivity (Wildman–Crippen MR) is 134 cm³/mol. The molecule has 3 fully saturated rings. The Bertz CT molecular complexity index is 901. The van der Waals surface area contributed by atoms with E-state index in [2.05, 4.69) is 34.6 Å². The van der Waals surface area contributed by atoms with E-state index in [1.54, 1.807) is 11.1 Å². The fourth-order valence-corrected chi connectivity index (χ4v) is 10.5. The van der Waals surface area contributed by atoms with Gasteiger partial charge < -0.3 is 15.3 Å². The van der Waals surface area contributed by atoms with Crippen LogP contribution in [0.25, 0.3) is 0 Å². The lowest BCUT2D eigenvalue weighted by atomic mass is 9.43. The molecule has 0 amide bonds. The van der Waals surface area contributed by atoms with Crippen LogP contribution in [0.15, 0.2) is 11.1 Å². The van der Waals surface area contributed by atoms with Gasteiger partial charge in [-0.2, -0.15) is 0 Å². The summed E-state index contributed by atoms with van der Waals surface area (Å²) in [4.78, 5) is 11.7. The summed E-state index contributed by atoms with van der Waals surface area (Å²) in [5, 5.41) is 31.0. The van der Waals surface area contributed by atoms with Crippen LogP contribution in [-0.4, -0.2) is 33.0 Å². The van der Waals surface area contributed by atoms with E-state index < -0.39 is 11.6 Å². The maximum atomic E-state index is 11.7. The highest BCUT2D eigenvalue weighted by molar-refractivity contribution is 5.77. The zero-order valence-corrected chi connectivity index (χ0v) is 22.4. The Labute approximate surface area is 206 Å². The highest BCUT2D eigenvalue weighted by atomic mass is 16.4. The molecule has 9 atom stereocenters. The normalized spacial score (nSPS) is 49.7. The quantitative estimate of drug-likeness (QED) is 0.418. The smallest absolute Gasteiger partial charge is 0.335 e. The first-order valence-corrected chi connectivity index (χ1v) is 14.1. The standard InChI is InChI=1S/C30H48O4/c1-26(2)23-10-9-22-21(27(23,3)14-13-24(26)31)12-16-28(4)20(11-15-29(22,28)5)18-7-8-19(17-18)30(6,34)25(32)33/h18-20,23-24,31,34H,7-17H2,1-6H3,(H,32,33)/t18-,19-,20+,23-,24+,27+,28+,29-,30+/m0/s1. The number of aliphatic hydroxyl groups is 2. The van der Waals surface area contributed by atoms with E-state index in [0.717, 1.165) is 32.1 Å². The summed E-state index contributed by atoms with van der Waals surface area (Å²) in [6.07, 6.45) is 11.9. The molecule has 0 aliphatic heterocycles. The van der Waals surface area contributed by atoms with Gasteiger partial charge >= 0.3 is 5.97 Å². The number of hydrogen-bond acceptors (Lipinski definition) is 3. The van der Waals surface area contributed by atoms with Crippen molar-refractivity contribution in [2.45, 2.75) is 124 Å². The molecule has 4 nitrogen and oxygen atoms in total. The van der Waals surface area contributed by atoms with Gasteiger partial charge in [-0.05, 0) is 123 Å². The number of carbonyl (C=O) groups is 1. The zero-order chi connectivity index (χ0) is 24.9. The topological polar surface area (TPSA) is 77.8 Å². The molecule has 0 unspecified atom stereocenters. The van der Waals surface area contributed by atoms with Crippen molar-refractivity contribution in [3.63, 3.8) is 0 Å². The minimum absolute atomic E-state index is 0.0225. The molecule has 0 saturated heterocycles. The minimum Gasteiger partial charge on any atom is -0.479 e. The first kappa shape index (κ1) is 24.8. The third-order valence-corrected chi connectivity index (χ3v) is 13.1. The van der Waals surface area contributed by atoms with Gasteiger partial charge in [0.1, 0.15) is 0 Å². The van der Waals surface area contributed by atoms with Gasteiger partial charge in [0.05, 0.1) is 6.10 Å². The highest BCUT2D eigenvalue weighted by Crippen LogP contribution is 2.73. The molecule has 5 aliphatic rings. The van der Waals surface area contributed by atoms with E-state index in [-0.39, 0.29) is 33.7 Å². The Balaban J connectivity index is 1.45. The lowest BCUT2D eigenvalue weighted by Crippen LogP contribution is -2.55. The lowest BCUT2D eigenvalue weighted by Gasteiger charge is -2.62. The molecule has 192 valence electrons. The number of allylic oxidation sites excluding steroid dienone is 2. The molecular weight excluding hydrogens is 424 g/mol. The highest BCUT2D eigenvalue weighted by Gasteiger charge is 2.64. The molecule has 0 spiro atoms. The van der Waals surface area contributed by atoms with E-state index in [1.807, 2.05) is 0 Å². The van der Waals surface area contributed by atoms with Gasteiger partial charge in [-0.15, -0.1) is 0 Å². The number of aliphatic hydroxyl groups excluding tert-OH is 1. The Kier molecular flexibility index (Phi) is 5.52. The summed E-state index contributed by atoms with van der Waals surface area (Å²) in [5.41, 5.74) is 2.60. The summed E-state index contributed by atoms with van der Waals surface area (Å²) in [5.74, 6) is 0.506. The van der Waals surface area contributed by atoms with Crippen LogP contribution in [0.5, 0.6) is 0 Å². The number of rotatable bonds is 3. The van der Waals surface area contributed by atoms with Crippen LogP contribution in [0, 0.1) is 45.3 Å². The fourth-order valence-electron chi connectivity index (χ4n) is 10.5. The summed E-state index contributed by atoms with van der Waals surface area (Å²) in [7, 11) is 0. The second-order valence-electron chi connectivity index (χ2n) is 14.5. The first-order valence-electron chi connectivity index (χ1n) is 14.1. The average molecular weight is 473 g/mol. The van der Waals surface area contributed by atoms with Crippen molar-refractivity contribution < 1.29 is 20.1 Å². The van der Waals surface area contributed by atoms with Crippen LogP contribution >= 0.6 is 0 Å². The van der Waals surface area contributed by atoms with Crippen LogP contribution < -0.4 is 0 Å². The van der Waals surface area contributed by atoms with Crippen LogP contribution in [0.4, 0.5) is 0 Å². The van der Waals surface area contributed by atoms with Crippen LogP contribution in [0.1, 0.15) is 112 Å². The molecule has 0 aromatic carbocycles. The van der Waals surface area contributed by atoms with Gasteiger partial charge in [0.25, 0.3) is 0 Å². The Morgan fingerprint density at radius 3 is 2.29 bits per heavy atom. The Morgan fingerprint density at radius 2 is 1.62 bits per heavy atom. The van der Waals surface area contributed by atoms with Gasteiger partial charge in [0, 0.05) is 0 Å². The van der Waals surface area contributed by atoms with E-state index in [0.29, 0.717) is 17.8 Å². The Hall–Kier alpha value is -0.870. The van der Waals surface area contributed by atoms with Crippen molar-refractivity contribution in [2.75, 3.05) is 0 Å². The molecule has 0 heterocycles. The summed E-state index contributed by atoms with van der Waals surface area (Å²) < 4.78 is 0. The number of carboxylic acids is 1. The fraction of sp³-hybridized carbons (Fsp3) is 0.900. The van der Waals surface area contributed by atoms with E-state index in [4.69, 9.17) is 0 Å². The molecular formula is C30H48O4. The number of carboxylic acid groups (broad SMARTS) is 1. The number of hydrogen-bond donors (Lipinski definition) is 3. The molecule has 3 N–H and O–H groups in total. The molecule has 0 aromatic rings. The zero-order valence-electron chi connectivity index (χ0n) is 22.4. The largest absolute Gasteiger partial charge is 0.479 e. The van der Waals surface area contributed by atoms with Crippen molar-refractivity contribution in [2.24, 2.45) is 45.3 Å². The second-order valence-corrected chi connectivity index (χ2v) is 14.5. The summed E-state index contributed by atoms with van der Waals surface area (Å²) in [6, 6.07) is 0. The van der Waals surface area contributed by atoms with Crippen molar-refractivity contribution in [3.8, 4) is 0 Å². The van der Waals surface area contributed by atoms with E-state index in [1.165, 1.54) is 45.4 Å². The van der Waals surface area contributed by atoms with Crippen LogP contribution in [0.2, 0.25) is 0 Å². The van der Waals surface area contributed by atoms with Crippen molar-refractivity contribution >= 4 is 5.97 Å². The molecule has 0 radical (unpaired) electrons. The average Bonchev–Trinajstić information content (AvgIpc) is 3.34. The van der Waals surface area contributed by atoms with Crippen LogP contribution in [0.3, 0.4) is 0 Å². The molecule has 0 bridgehead atoms. The number of fused-ring (bicyclic) bond motifs is 4. The minimum atomic E-state index is -1.61. The van der Waals surface area contributed by atoms with E-state index in [9.17, 15) is 20.1 Å². The van der Waals surface area contributed by atoms with Crippen molar-refractivity contribution in [1.29, 1.82) is 0 Å². The Morgan fingerprint density at radius 1 is 0.912 bits per heavy atom. The summed E-state index contributed by atoms with van der Waals surface area (Å²) in [6.45, 7) is 13.7.